The maximum Gasteiger partial charge on any atom is 0.175 e. The largest absolute Gasteiger partial charge is 0.488 e. The second kappa shape index (κ2) is 4.86. The summed E-state index contributed by atoms with van der Waals surface area (Å²) in [6.45, 7) is 3.76. The highest BCUT2D eigenvalue weighted by Crippen LogP contribution is 2.17. The van der Waals surface area contributed by atoms with Crippen LogP contribution in [0.25, 0.3) is 0 Å². The van der Waals surface area contributed by atoms with Crippen LogP contribution in [0.3, 0.4) is 0 Å². The predicted octanol–water partition coefficient (Wildman–Crippen LogP) is 1.66. The Kier molecular flexibility index (Phi) is 3.75. The van der Waals surface area contributed by atoms with E-state index in [1.165, 1.54) is 12.1 Å². The fourth-order valence-electron chi connectivity index (χ4n) is 1.01. The zero-order chi connectivity index (χ0) is 12.2. The second-order valence-corrected chi connectivity index (χ2v) is 5.30. The molecule has 0 radical (unpaired) electrons. The summed E-state index contributed by atoms with van der Waals surface area (Å²) >= 11 is 0. The Balaban J connectivity index is 2.85. The van der Waals surface area contributed by atoms with Crippen LogP contribution in [0.4, 0.5) is 0 Å². The number of benzene rings is 1. The Morgan fingerprint density at radius 2 is 2.25 bits per heavy atom. The summed E-state index contributed by atoms with van der Waals surface area (Å²) in [4.78, 5) is 0.219. The van der Waals surface area contributed by atoms with Crippen LogP contribution in [0.1, 0.15) is 0 Å². The average Bonchev–Trinajstić information content (AvgIpc) is 2.25. The van der Waals surface area contributed by atoms with Gasteiger partial charge in [0.25, 0.3) is 0 Å². The van der Waals surface area contributed by atoms with Crippen LogP contribution >= 0.6 is 0 Å². The molecule has 0 heterocycles. The first-order chi connectivity index (χ1) is 7.43. The molecular weight excluding hydrogens is 224 g/mol. The minimum atomic E-state index is -3.21. The minimum absolute atomic E-state index is 0.184. The highest BCUT2D eigenvalue weighted by atomic mass is 32.2. The lowest BCUT2D eigenvalue weighted by molar-refractivity contribution is 0.356. The van der Waals surface area contributed by atoms with Crippen molar-refractivity contribution in [2.24, 2.45) is 0 Å². The molecule has 0 amide bonds. The summed E-state index contributed by atoms with van der Waals surface area (Å²) in [5.41, 5.74) is 0.504. The molecule has 0 aromatic heterocycles. The van der Waals surface area contributed by atoms with Gasteiger partial charge < -0.3 is 4.74 Å². The van der Waals surface area contributed by atoms with Crippen LogP contribution in [-0.2, 0) is 9.84 Å². The topological polar surface area (TPSA) is 43.4 Å². The fraction of sp³-hybridized carbons (Fsp3) is 0.167. The molecule has 0 aliphatic rings. The zero-order valence-corrected chi connectivity index (χ0v) is 9.75. The Morgan fingerprint density at radius 3 is 2.81 bits per heavy atom. The monoisotopic (exact) mass is 236 g/mol. The molecule has 0 unspecified atom stereocenters. The van der Waals surface area contributed by atoms with E-state index in [2.05, 4.69) is 12.5 Å². The lowest BCUT2D eigenvalue weighted by atomic mass is 10.3. The van der Waals surface area contributed by atoms with Crippen molar-refractivity contribution in [2.75, 3.05) is 12.9 Å². The van der Waals surface area contributed by atoms with E-state index in [1.807, 2.05) is 0 Å². The Morgan fingerprint density at radius 1 is 1.56 bits per heavy atom. The van der Waals surface area contributed by atoms with E-state index >= 15 is 0 Å². The Hall–Kier alpha value is -1.73. The third-order valence-electron chi connectivity index (χ3n) is 1.85. The molecule has 0 aliphatic carbocycles. The molecule has 3 nitrogen and oxygen atoms in total. The van der Waals surface area contributed by atoms with E-state index in [1.54, 1.807) is 12.1 Å². The standard InChI is InChI=1S/C12H12O3S/c1-4-10(2)9-15-11-6-5-7-12(8-11)16(3,13)14/h1,5-8H,2,9H2,3H3. The molecule has 0 aliphatic heterocycles. The van der Waals surface area contributed by atoms with Crippen LogP contribution in [0.2, 0.25) is 0 Å². The van der Waals surface area contributed by atoms with Gasteiger partial charge in [0, 0.05) is 11.8 Å². The third kappa shape index (κ3) is 3.44. The van der Waals surface area contributed by atoms with E-state index in [4.69, 9.17) is 11.2 Å². The van der Waals surface area contributed by atoms with Crippen molar-refractivity contribution in [2.45, 2.75) is 4.90 Å². The lowest BCUT2D eigenvalue weighted by Crippen LogP contribution is -2.01. The lowest BCUT2D eigenvalue weighted by Gasteiger charge is -2.06. The molecule has 0 saturated heterocycles. The second-order valence-electron chi connectivity index (χ2n) is 3.28. The number of rotatable bonds is 4. The summed E-state index contributed by atoms with van der Waals surface area (Å²) in [5, 5.41) is 0. The maximum atomic E-state index is 11.3. The zero-order valence-electron chi connectivity index (χ0n) is 8.93. The first kappa shape index (κ1) is 12.3. The fourth-order valence-corrected chi connectivity index (χ4v) is 1.66. The molecule has 0 atom stereocenters. The van der Waals surface area contributed by atoms with Gasteiger partial charge in [-0.1, -0.05) is 18.6 Å². The smallest absolute Gasteiger partial charge is 0.175 e. The Bertz CT molecular complexity index is 536. The van der Waals surface area contributed by atoms with Gasteiger partial charge in [0.1, 0.15) is 12.4 Å². The van der Waals surface area contributed by atoms with Crippen molar-refractivity contribution in [1.29, 1.82) is 0 Å². The van der Waals surface area contributed by atoms with Gasteiger partial charge in [-0.05, 0) is 18.2 Å². The van der Waals surface area contributed by atoms with E-state index in [0.29, 0.717) is 11.3 Å². The molecule has 0 saturated carbocycles. The summed E-state index contributed by atoms with van der Waals surface area (Å²) in [6.07, 6.45) is 6.26. The molecule has 1 aromatic carbocycles. The first-order valence-electron chi connectivity index (χ1n) is 4.51. The Labute approximate surface area is 95.7 Å². The van der Waals surface area contributed by atoms with Crippen LogP contribution in [0.5, 0.6) is 5.75 Å². The van der Waals surface area contributed by atoms with Crippen molar-refractivity contribution < 1.29 is 13.2 Å². The molecule has 0 N–H and O–H groups in total. The minimum Gasteiger partial charge on any atom is -0.488 e. The number of hydrogen-bond acceptors (Lipinski definition) is 3. The van der Waals surface area contributed by atoms with Gasteiger partial charge in [0.15, 0.2) is 9.84 Å². The highest BCUT2D eigenvalue weighted by molar-refractivity contribution is 7.90. The number of hydrogen-bond donors (Lipinski definition) is 0. The van der Waals surface area contributed by atoms with Gasteiger partial charge in [-0.15, -0.1) is 6.42 Å². The van der Waals surface area contributed by atoms with E-state index in [-0.39, 0.29) is 11.5 Å². The predicted molar refractivity (Wildman–Crippen MR) is 63.0 cm³/mol. The van der Waals surface area contributed by atoms with Crippen molar-refractivity contribution in [3.63, 3.8) is 0 Å². The first-order valence-corrected chi connectivity index (χ1v) is 6.40. The quantitative estimate of drug-likeness (QED) is 0.747. The van der Waals surface area contributed by atoms with Crippen molar-refractivity contribution >= 4 is 9.84 Å². The third-order valence-corrected chi connectivity index (χ3v) is 2.96. The summed E-state index contributed by atoms with van der Waals surface area (Å²) in [5.74, 6) is 2.80. The molecule has 0 fully saturated rings. The van der Waals surface area contributed by atoms with Gasteiger partial charge in [-0.25, -0.2) is 8.42 Å². The van der Waals surface area contributed by atoms with Crippen molar-refractivity contribution in [3.05, 3.63) is 36.4 Å². The molecule has 4 heteroatoms. The molecule has 1 rings (SSSR count). The molecule has 1 aromatic rings. The molecule has 84 valence electrons. The van der Waals surface area contributed by atoms with Crippen LogP contribution in [-0.4, -0.2) is 21.3 Å². The summed E-state index contributed by atoms with van der Waals surface area (Å²) < 4.78 is 27.8. The van der Waals surface area contributed by atoms with Crippen LogP contribution in [0.15, 0.2) is 41.3 Å². The molecule has 0 bridgehead atoms. The van der Waals surface area contributed by atoms with Gasteiger partial charge in [0.05, 0.1) is 4.90 Å². The van der Waals surface area contributed by atoms with Crippen LogP contribution in [0, 0.1) is 12.3 Å². The molecule has 0 spiro atoms. The SMILES string of the molecule is C#CC(=C)COc1cccc(S(C)(=O)=O)c1. The van der Waals surface area contributed by atoms with Crippen molar-refractivity contribution in [3.8, 4) is 18.1 Å². The van der Waals surface area contributed by atoms with Gasteiger partial charge in [0.2, 0.25) is 0 Å². The number of sulfone groups is 1. The summed E-state index contributed by atoms with van der Waals surface area (Å²) in [7, 11) is -3.21. The van der Waals surface area contributed by atoms with Crippen molar-refractivity contribution in [1.82, 2.24) is 0 Å². The average molecular weight is 236 g/mol. The molecular formula is C12H12O3S. The van der Waals surface area contributed by atoms with Gasteiger partial charge in [-0.3, -0.25) is 0 Å². The van der Waals surface area contributed by atoms with E-state index < -0.39 is 9.84 Å². The van der Waals surface area contributed by atoms with Gasteiger partial charge in [-0.2, -0.15) is 0 Å². The normalized spacial score (nSPS) is 10.5. The maximum absolute atomic E-state index is 11.3. The van der Waals surface area contributed by atoms with Crippen LogP contribution < -0.4 is 4.74 Å². The summed E-state index contributed by atoms with van der Waals surface area (Å²) in [6, 6.07) is 6.25. The van der Waals surface area contributed by atoms with Gasteiger partial charge >= 0.3 is 0 Å². The van der Waals surface area contributed by atoms with E-state index in [0.717, 1.165) is 6.26 Å². The van der Waals surface area contributed by atoms with E-state index in [9.17, 15) is 8.42 Å². The molecule has 16 heavy (non-hydrogen) atoms. The highest BCUT2D eigenvalue weighted by Gasteiger charge is 2.07. The number of terminal acetylenes is 1. The number of ether oxygens (including phenoxy) is 1.